The number of benzene rings is 3. The van der Waals surface area contributed by atoms with Gasteiger partial charge in [-0.2, -0.15) is 0 Å². The molecule has 0 radical (unpaired) electrons. The molecule has 0 fully saturated rings. The number of carbonyl (C=O) groups is 2. The summed E-state index contributed by atoms with van der Waals surface area (Å²) in [5, 5.41) is 5.62. The monoisotopic (exact) mass is 374 g/mol. The van der Waals surface area contributed by atoms with Crippen molar-refractivity contribution in [3.63, 3.8) is 0 Å². The van der Waals surface area contributed by atoms with Crippen molar-refractivity contribution in [3.8, 4) is 5.75 Å². The van der Waals surface area contributed by atoms with Crippen LogP contribution in [0.4, 0.5) is 5.69 Å². The van der Waals surface area contributed by atoms with Gasteiger partial charge in [-0.3, -0.25) is 9.59 Å². The lowest BCUT2D eigenvalue weighted by molar-refractivity contribution is -0.118. The number of aryl methyl sites for hydroxylation is 1. The summed E-state index contributed by atoms with van der Waals surface area (Å²) in [7, 11) is 0. The minimum Gasteiger partial charge on any atom is -0.484 e. The van der Waals surface area contributed by atoms with Crippen LogP contribution < -0.4 is 15.4 Å². The molecule has 5 heteroatoms. The Bertz CT molecular complexity index is 938. The van der Waals surface area contributed by atoms with Gasteiger partial charge in [0.25, 0.3) is 11.8 Å². The zero-order valence-corrected chi connectivity index (χ0v) is 15.6. The lowest BCUT2D eigenvalue weighted by atomic mass is 10.1. The second-order valence-corrected chi connectivity index (χ2v) is 6.36. The van der Waals surface area contributed by atoms with Gasteiger partial charge >= 0.3 is 0 Å². The Kier molecular flexibility index (Phi) is 6.41. The summed E-state index contributed by atoms with van der Waals surface area (Å²) in [6.45, 7) is 2.26. The van der Waals surface area contributed by atoms with Crippen LogP contribution in [0.3, 0.4) is 0 Å². The molecule has 0 unspecified atom stereocenters. The first kappa shape index (κ1) is 19.2. The van der Waals surface area contributed by atoms with Gasteiger partial charge < -0.3 is 15.4 Å². The molecule has 3 rings (SSSR count). The summed E-state index contributed by atoms with van der Waals surface area (Å²) >= 11 is 0. The number of hydrogen-bond acceptors (Lipinski definition) is 3. The molecule has 3 aromatic carbocycles. The smallest absolute Gasteiger partial charge is 0.262 e. The molecule has 0 aliphatic heterocycles. The number of rotatable bonds is 7. The predicted octanol–water partition coefficient (Wildman–Crippen LogP) is 3.94. The Balaban J connectivity index is 1.58. The molecule has 0 saturated heterocycles. The first-order valence-corrected chi connectivity index (χ1v) is 9.02. The summed E-state index contributed by atoms with van der Waals surface area (Å²) in [5.74, 6) is 0.0396. The van der Waals surface area contributed by atoms with Gasteiger partial charge in [0.2, 0.25) is 0 Å². The summed E-state index contributed by atoms with van der Waals surface area (Å²) < 4.78 is 5.49. The second-order valence-electron chi connectivity index (χ2n) is 6.36. The number of nitrogens with one attached hydrogen (secondary N) is 2. The topological polar surface area (TPSA) is 67.4 Å². The molecule has 0 spiro atoms. The first-order chi connectivity index (χ1) is 13.6. The van der Waals surface area contributed by atoms with Crippen molar-refractivity contribution in [2.45, 2.75) is 13.5 Å². The largest absolute Gasteiger partial charge is 0.484 e. The Morgan fingerprint density at radius 3 is 2.29 bits per heavy atom. The van der Waals surface area contributed by atoms with E-state index in [0.29, 0.717) is 23.5 Å². The van der Waals surface area contributed by atoms with Gasteiger partial charge in [0.05, 0.1) is 11.3 Å². The zero-order valence-electron chi connectivity index (χ0n) is 15.6. The molecule has 5 nitrogen and oxygen atoms in total. The van der Waals surface area contributed by atoms with Crippen LogP contribution in [0, 0.1) is 6.92 Å². The second kappa shape index (κ2) is 9.37. The van der Waals surface area contributed by atoms with Crippen molar-refractivity contribution in [1.82, 2.24) is 5.32 Å². The standard InChI is InChI=1S/C23H22N2O3/c1-17-11-13-19(14-12-17)28-16-22(26)25-21-10-6-5-9-20(21)23(27)24-15-18-7-3-2-4-8-18/h2-14H,15-16H2,1H3,(H,24,27)(H,25,26). The fraction of sp³-hybridized carbons (Fsp3) is 0.130. The number of hydrogen-bond donors (Lipinski definition) is 2. The Labute approximate surface area is 164 Å². The predicted molar refractivity (Wildman–Crippen MR) is 109 cm³/mol. The van der Waals surface area contributed by atoms with Crippen LogP contribution in [0.2, 0.25) is 0 Å². The van der Waals surface area contributed by atoms with E-state index < -0.39 is 0 Å². The SMILES string of the molecule is Cc1ccc(OCC(=O)Nc2ccccc2C(=O)NCc2ccccc2)cc1. The van der Waals surface area contributed by atoms with E-state index in [-0.39, 0.29) is 18.4 Å². The van der Waals surface area contributed by atoms with Crippen LogP contribution in [0.25, 0.3) is 0 Å². The minimum absolute atomic E-state index is 0.136. The molecule has 28 heavy (non-hydrogen) atoms. The van der Waals surface area contributed by atoms with Crippen LogP contribution in [-0.2, 0) is 11.3 Å². The fourth-order valence-electron chi connectivity index (χ4n) is 2.63. The van der Waals surface area contributed by atoms with Crippen molar-refractivity contribution in [1.29, 1.82) is 0 Å². The third kappa shape index (κ3) is 5.45. The van der Waals surface area contributed by atoms with Gasteiger partial charge in [0, 0.05) is 6.54 Å². The molecule has 0 saturated carbocycles. The number of para-hydroxylation sites is 1. The average Bonchev–Trinajstić information content (AvgIpc) is 2.73. The van der Waals surface area contributed by atoms with Gasteiger partial charge in [-0.25, -0.2) is 0 Å². The molecule has 2 amide bonds. The Morgan fingerprint density at radius 2 is 1.54 bits per heavy atom. The average molecular weight is 374 g/mol. The van der Waals surface area contributed by atoms with E-state index in [1.54, 1.807) is 24.3 Å². The third-order valence-electron chi connectivity index (χ3n) is 4.13. The highest BCUT2D eigenvalue weighted by atomic mass is 16.5. The lowest BCUT2D eigenvalue weighted by Gasteiger charge is -2.12. The highest BCUT2D eigenvalue weighted by molar-refractivity contribution is 6.04. The molecule has 0 bridgehead atoms. The van der Waals surface area contributed by atoms with E-state index in [1.807, 2.05) is 61.5 Å². The minimum atomic E-state index is -0.330. The van der Waals surface area contributed by atoms with Crippen molar-refractivity contribution in [2.24, 2.45) is 0 Å². The Morgan fingerprint density at radius 1 is 0.857 bits per heavy atom. The van der Waals surface area contributed by atoms with Crippen LogP contribution in [0.1, 0.15) is 21.5 Å². The van der Waals surface area contributed by atoms with Crippen molar-refractivity contribution < 1.29 is 14.3 Å². The van der Waals surface area contributed by atoms with Gasteiger partial charge in [0.15, 0.2) is 6.61 Å². The zero-order chi connectivity index (χ0) is 19.8. The van der Waals surface area contributed by atoms with Crippen LogP contribution >= 0.6 is 0 Å². The van der Waals surface area contributed by atoms with E-state index in [0.717, 1.165) is 11.1 Å². The number of amides is 2. The van der Waals surface area contributed by atoms with E-state index in [1.165, 1.54) is 0 Å². The molecule has 3 aromatic rings. The number of ether oxygens (including phenoxy) is 1. The van der Waals surface area contributed by atoms with Crippen LogP contribution in [-0.4, -0.2) is 18.4 Å². The third-order valence-corrected chi connectivity index (χ3v) is 4.13. The molecule has 0 aliphatic carbocycles. The van der Waals surface area contributed by atoms with Crippen LogP contribution in [0.15, 0.2) is 78.9 Å². The quantitative estimate of drug-likeness (QED) is 0.658. The summed E-state index contributed by atoms with van der Waals surface area (Å²) in [6, 6.07) is 24.0. The number of anilines is 1. The van der Waals surface area contributed by atoms with E-state index in [2.05, 4.69) is 10.6 Å². The number of carbonyl (C=O) groups excluding carboxylic acids is 2. The summed E-state index contributed by atoms with van der Waals surface area (Å²) in [5.41, 5.74) is 2.98. The highest BCUT2D eigenvalue weighted by Gasteiger charge is 2.13. The maximum Gasteiger partial charge on any atom is 0.262 e. The van der Waals surface area contributed by atoms with Crippen molar-refractivity contribution >= 4 is 17.5 Å². The van der Waals surface area contributed by atoms with Crippen molar-refractivity contribution in [3.05, 3.63) is 95.6 Å². The molecular weight excluding hydrogens is 352 g/mol. The molecule has 0 aromatic heterocycles. The first-order valence-electron chi connectivity index (χ1n) is 9.02. The normalized spacial score (nSPS) is 10.2. The van der Waals surface area contributed by atoms with Gasteiger partial charge in [-0.1, -0.05) is 60.2 Å². The molecule has 0 heterocycles. The summed E-state index contributed by atoms with van der Waals surface area (Å²) in [4.78, 5) is 24.8. The summed E-state index contributed by atoms with van der Waals surface area (Å²) in [6.07, 6.45) is 0. The van der Waals surface area contributed by atoms with Crippen molar-refractivity contribution in [2.75, 3.05) is 11.9 Å². The van der Waals surface area contributed by atoms with Gasteiger partial charge in [0.1, 0.15) is 5.75 Å². The van der Waals surface area contributed by atoms with E-state index >= 15 is 0 Å². The van der Waals surface area contributed by atoms with E-state index in [4.69, 9.17) is 4.74 Å². The lowest BCUT2D eigenvalue weighted by Crippen LogP contribution is -2.26. The molecule has 142 valence electrons. The fourth-order valence-corrected chi connectivity index (χ4v) is 2.63. The molecule has 0 aliphatic rings. The van der Waals surface area contributed by atoms with E-state index in [9.17, 15) is 9.59 Å². The molecule has 0 atom stereocenters. The molecular formula is C23H22N2O3. The van der Waals surface area contributed by atoms with Gasteiger partial charge in [-0.05, 0) is 36.8 Å². The Hall–Kier alpha value is -3.60. The van der Waals surface area contributed by atoms with Gasteiger partial charge in [-0.15, -0.1) is 0 Å². The maximum atomic E-state index is 12.5. The maximum absolute atomic E-state index is 12.5. The van der Waals surface area contributed by atoms with Crippen LogP contribution in [0.5, 0.6) is 5.75 Å². The highest BCUT2D eigenvalue weighted by Crippen LogP contribution is 2.16. The molecule has 2 N–H and O–H groups in total.